The average Bonchev–Trinajstić information content (AvgIpc) is 2.63. The summed E-state index contributed by atoms with van der Waals surface area (Å²) in [5, 5.41) is 10.7. The Morgan fingerprint density at radius 1 is 1.07 bits per heavy atom. The fraction of sp³-hybridized carbons (Fsp3) is 0.286. The molecule has 142 valence electrons. The van der Waals surface area contributed by atoms with Crippen molar-refractivity contribution in [1.82, 2.24) is 4.90 Å². The first-order valence-electron chi connectivity index (χ1n) is 8.52. The van der Waals surface area contributed by atoms with Crippen LogP contribution in [-0.2, 0) is 6.54 Å². The summed E-state index contributed by atoms with van der Waals surface area (Å²) in [4.78, 5) is 15.1. The van der Waals surface area contributed by atoms with Crippen LogP contribution in [0.15, 0.2) is 39.5 Å². The van der Waals surface area contributed by atoms with Crippen molar-refractivity contribution in [2.45, 2.75) is 13.5 Å². The number of phenols is 1. The van der Waals surface area contributed by atoms with Crippen molar-refractivity contribution in [3.8, 4) is 28.4 Å². The molecule has 0 atom stereocenters. The van der Waals surface area contributed by atoms with Crippen molar-refractivity contribution >= 4 is 11.0 Å². The summed E-state index contributed by atoms with van der Waals surface area (Å²) >= 11 is 0. The molecule has 6 heteroatoms. The number of fused-ring (bicyclic) bond motifs is 1. The number of aryl methyl sites for hydroxylation is 1. The van der Waals surface area contributed by atoms with Gasteiger partial charge in [0.25, 0.3) is 0 Å². The Hall–Kier alpha value is -2.99. The van der Waals surface area contributed by atoms with Crippen molar-refractivity contribution in [2.75, 3.05) is 28.3 Å². The minimum absolute atomic E-state index is 0.109. The van der Waals surface area contributed by atoms with Gasteiger partial charge in [0, 0.05) is 6.54 Å². The predicted molar refractivity (Wildman–Crippen MR) is 105 cm³/mol. The maximum absolute atomic E-state index is 13.2. The van der Waals surface area contributed by atoms with Gasteiger partial charge in [0.05, 0.1) is 30.7 Å². The topological polar surface area (TPSA) is 72.1 Å². The van der Waals surface area contributed by atoms with Gasteiger partial charge < -0.3 is 23.9 Å². The van der Waals surface area contributed by atoms with Crippen molar-refractivity contribution in [3.63, 3.8) is 0 Å². The van der Waals surface area contributed by atoms with E-state index in [1.807, 2.05) is 19.0 Å². The smallest absolute Gasteiger partial charge is 0.200 e. The van der Waals surface area contributed by atoms with E-state index in [9.17, 15) is 9.90 Å². The first-order chi connectivity index (χ1) is 12.9. The Bertz CT molecular complexity index is 1050. The first-order valence-corrected chi connectivity index (χ1v) is 8.52. The molecule has 0 saturated carbocycles. The van der Waals surface area contributed by atoms with Crippen LogP contribution in [0.1, 0.15) is 11.3 Å². The lowest BCUT2D eigenvalue weighted by atomic mass is 10.0. The lowest BCUT2D eigenvalue weighted by Crippen LogP contribution is -2.13. The number of rotatable bonds is 5. The molecule has 0 aliphatic rings. The maximum Gasteiger partial charge on any atom is 0.200 e. The lowest BCUT2D eigenvalue weighted by molar-refractivity contribution is 0.355. The molecular formula is C21H23NO5. The average molecular weight is 369 g/mol. The Morgan fingerprint density at radius 2 is 1.78 bits per heavy atom. The quantitative estimate of drug-likeness (QED) is 0.741. The molecule has 27 heavy (non-hydrogen) atoms. The molecule has 0 fully saturated rings. The number of aromatic hydroxyl groups is 1. The van der Waals surface area contributed by atoms with Crippen LogP contribution in [0.4, 0.5) is 0 Å². The van der Waals surface area contributed by atoms with Gasteiger partial charge in [0.15, 0.2) is 11.5 Å². The van der Waals surface area contributed by atoms with Crippen molar-refractivity contribution < 1.29 is 19.0 Å². The first kappa shape index (κ1) is 18.8. The van der Waals surface area contributed by atoms with E-state index in [-0.39, 0.29) is 11.2 Å². The van der Waals surface area contributed by atoms with E-state index in [4.69, 9.17) is 13.9 Å². The van der Waals surface area contributed by atoms with Gasteiger partial charge in [-0.1, -0.05) is 6.07 Å². The van der Waals surface area contributed by atoms with E-state index in [2.05, 4.69) is 0 Å². The van der Waals surface area contributed by atoms with Gasteiger partial charge in [-0.25, -0.2) is 0 Å². The molecule has 0 radical (unpaired) electrons. The minimum Gasteiger partial charge on any atom is -0.507 e. The summed E-state index contributed by atoms with van der Waals surface area (Å²) in [5.74, 6) is 1.71. The highest BCUT2D eigenvalue weighted by Gasteiger charge is 2.19. The SMILES string of the molecule is COc1ccc(-c2c(C)oc3c(CN(C)C)c(O)ccc3c2=O)cc1OC. The largest absolute Gasteiger partial charge is 0.507 e. The second-order valence-electron chi connectivity index (χ2n) is 6.61. The molecule has 1 heterocycles. The number of nitrogens with zero attached hydrogens (tertiary/aromatic N) is 1. The van der Waals surface area contributed by atoms with E-state index in [0.717, 1.165) is 0 Å². The molecule has 0 bridgehead atoms. The van der Waals surface area contributed by atoms with Crippen molar-refractivity contribution in [1.29, 1.82) is 0 Å². The predicted octanol–water partition coefficient (Wildman–Crippen LogP) is 3.55. The van der Waals surface area contributed by atoms with Crippen LogP contribution in [0.25, 0.3) is 22.1 Å². The molecule has 2 aromatic carbocycles. The van der Waals surface area contributed by atoms with Crippen LogP contribution in [0.2, 0.25) is 0 Å². The van der Waals surface area contributed by atoms with Gasteiger partial charge in [-0.3, -0.25) is 4.79 Å². The Morgan fingerprint density at radius 3 is 2.41 bits per heavy atom. The fourth-order valence-corrected chi connectivity index (χ4v) is 3.21. The lowest BCUT2D eigenvalue weighted by Gasteiger charge is -2.15. The normalized spacial score (nSPS) is 11.2. The van der Waals surface area contributed by atoms with Gasteiger partial charge >= 0.3 is 0 Å². The highest BCUT2D eigenvalue weighted by molar-refractivity contribution is 5.86. The molecule has 0 aliphatic carbocycles. The molecule has 3 aromatic rings. The summed E-state index contributed by atoms with van der Waals surface area (Å²) in [6.45, 7) is 2.21. The van der Waals surface area contributed by atoms with Crippen LogP contribution in [0.3, 0.4) is 0 Å². The number of hydrogen-bond donors (Lipinski definition) is 1. The third-order valence-electron chi connectivity index (χ3n) is 4.46. The van der Waals surface area contributed by atoms with Crippen molar-refractivity contribution in [2.24, 2.45) is 0 Å². The summed E-state index contributed by atoms with van der Waals surface area (Å²) in [5.41, 5.74) is 2.00. The fourth-order valence-electron chi connectivity index (χ4n) is 3.21. The van der Waals surface area contributed by atoms with Gasteiger partial charge in [-0.2, -0.15) is 0 Å². The van der Waals surface area contributed by atoms with E-state index < -0.39 is 0 Å². The second-order valence-corrected chi connectivity index (χ2v) is 6.61. The van der Waals surface area contributed by atoms with Crippen LogP contribution in [0, 0.1) is 6.92 Å². The van der Waals surface area contributed by atoms with Gasteiger partial charge in [0.2, 0.25) is 5.43 Å². The molecule has 0 saturated heterocycles. The van der Waals surface area contributed by atoms with Crippen LogP contribution in [0.5, 0.6) is 17.2 Å². The van der Waals surface area contributed by atoms with Gasteiger partial charge in [-0.15, -0.1) is 0 Å². The summed E-state index contributed by atoms with van der Waals surface area (Å²) < 4.78 is 16.6. The van der Waals surface area contributed by atoms with E-state index in [0.29, 0.717) is 51.5 Å². The summed E-state index contributed by atoms with van der Waals surface area (Å²) in [6, 6.07) is 8.44. The van der Waals surface area contributed by atoms with Crippen molar-refractivity contribution in [3.05, 3.63) is 51.9 Å². The Balaban J connectivity index is 2.28. The maximum atomic E-state index is 13.2. The molecule has 0 unspecified atom stereocenters. The zero-order valence-electron chi connectivity index (χ0n) is 16.1. The Labute approximate surface area is 157 Å². The standard InChI is InChI=1S/C21H23NO5/c1-12-19(13-6-9-17(25-4)18(10-13)26-5)20(24)14-7-8-16(23)15(11-22(2)3)21(14)27-12/h6-10,23H,11H2,1-5H3. The molecule has 0 amide bonds. The van der Waals surface area contributed by atoms with E-state index in [1.165, 1.54) is 6.07 Å². The van der Waals surface area contributed by atoms with Crippen LogP contribution >= 0.6 is 0 Å². The third-order valence-corrected chi connectivity index (χ3v) is 4.46. The molecule has 6 nitrogen and oxygen atoms in total. The van der Waals surface area contributed by atoms with Gasteiger partial charge in [0.1, 0.15) is 17.1 Å². The monoisotopic (exact) mass is 369 g/mol. The number of benzene rings is 2. The molecule has 3 rings (SSSR count). The van der Waals surface area contributed by atoms with Crippen LogP contribution in [-0.4, -0.2) is 38.3 Å². The zero-order chi connectivity index (χ0) is 19.7. The molecule has 0 spiro atoms. The Kier molecular flexibility index (Phi) is 5.10. The molecular weight excluding hydrogens is 346 g/mol. The number of ether oxygens (including phenoxy) is 2. The molecule has 0 aliphatic heterocycles. The third kappa shape index (κ3) is 3.36. The van der Waals surface area contributed by atoms with Crippen LogP contribution < -0.4 is 14.9 Å². The van der Waals surface area contributed by atoms with E-state index in [1.54, 1.807) is 45.4 Å². The number of hydrogen-bond acceptors (Lipinski definition) is 6. The molecule has 1 N–H and O–H groups in total. The highest BCUT2D eigenvalue weighted by atomic mass is 16.5. The second kappa shape index (κ2) is 7.32. The molecule has 1 aromatic heterocycles. The minimum atomic E-state index is -0.152. The summed E-state index contributed by atoms with van der Waals surface area (Å²) in [7, 11) is 6.89. The summed E-state index contributed by atoms with van der Waals surface area (Å²) in [6.07, 6.45) is 0. The van der Waals surface area contributed by atoms with Gasteiger partial charge in [-0.05, 0) is 50.8 Å². The number of methoxy groups -OCH3 is 2. The number of phenolic OH excluding ortho intramolecular Hbond substituents is 1. The zero-order valence-corrected chi connectivity index (χ0v) is 16.1. The van der Waals surface area contributed by atoms with E-state index >= 15 is 0 Å². The highest BCUT2D eigenvalue weighted by Crippen LogP contribution is 2.34.